The number of hydrogen-bond acceptors (Lipinski definition) is 4. The van der Waals surface area contributed by atoms with Crippen LogP contribution in [0.4, 0.5) is 0 Å². The van der Waals surface area contributed by atoms with Gasteiger partial charge >= 0.3 is 0 Å². The van der Waals surface area contributed by atoms with Crippen molar-refractivity contribution >= 4 is 11.5 Å². The lowest BCUT2D eigenvalue weighted by Gasteiger charge is -2.19. The Labute approximate surface area is 88.3 Å². The second-order valence-corrected chi connectivity index (χ2v) is 5.10. The van der Waals surface area contributed by atoms with Crippen LogP contribution in [0.15, 0.2) is 0 Å². The summed E-state index contributed by atoms with van der Waals surface area (Å²) < 4.78 is 4.37. The van der Waals surface area contributed by atoms with Gasteiger partial charge in [-0.3, -0.25) is 0 Å². The Balaban J connectivity index is 1.82. The molecule has 1 unspecified atom stereocenters. The van der Waals surface area contributed by atoms with Crippen molar-refractivity contribution in [3.05, 3.63) is 10.8 Å². The maximum atomic E-state index is 4.61. The van der Waals surface area contributed by atoms with Gasteiger partial charge in [-0.15, -0.1) is 0 Å². The quantitative estimate of drug-likeness (QED) is 0.739. The zero-order valence-corrected chi connectivity index (χ0v) is 9.26. The van der Waals surface area contributed by atoms with Crippen LogP contribution in [0.25, 0.3) is 0 Å². The van der Waals surface area contributed by atoms with Crippen molar-refractivity contribution in [2.45, 2.75) is 25.7 Å². The second kappa shape index (κ2) is 3.28. The van der Waals surface area contributed by atoms with Crippen LogP contribution in [0, 0.1) is 5.92 Å². The van der Waals surface area contributed by atoms with E-state index in [1.807, 2.05) is 0 Å². The van der Waals surface area contributed by atoms with E-state index < -0.39 is 0 Å². The molecule has 0 aliphatic carbocycles. The van der Waals surface area contributed by atoms with E-state index in [0.717, 1.165) is 18.2 Å². The van der Waals surface area contributed by atoms with Gasteiger partial charge in [0.2, 0.25) is 0 Å². The Morgan fingerprint density at radius 3 is 3.00 bits per heavy atom. The first-order valence-electron chi connectivity index (χ1n) is 5.41. The number of piperidine rings is 1. The van der Waals surface area contributed by atoms with Crippen LogP contribution in [0.5, 0.6) is 0 Å². The molecule has 0 spiro atoms. The Kier molecular flexibility index (Phi) is 2.06. The lowest BCUT2D eigenvalue weighted by molar-refractivity contribution is 0.346. The van der Waals surface area contributed by atoms with Gasteiger partial charge in [0.15, 0.2) is 0 Å². The van der Waals surface area contributed by atoms with Gasteiger partial charge < -0.3 is 4.90 Å². The van der Waals surface area contributed by atoms with Crippen molar-refractivity contribution in [2.75, 3.05) is 19.6 Å². The van der Waals surface area contributed by atoms with E-state index in [2.05, 4.69) is 21.2 Å². The summed E-state index contributed by atoms with van der Waals surface area (Å²) in [4.78, 5) is 7.17. The van der Waals surface area contributed by atoms with E-state index >= 15 is 0 Å². The number of hydrogen-bond donors (Lipinski definition) is 0. The summed E-state index contributed by atoms with van der Waals surface area (Å²) in [6.07, 6.45) is 2.34. The Bertz CT molecular complexity index is 336. The Morgan fingerprint density at radius 2 is 2.43 bits per heavy atom. The maximum Gasteiger partial charge on any atom is 0.142 e. The average Bonchev–Trinajstić information content (AvgIpc) is 2.93. The lowest BCUT2D eigenvalue weighted by Crippen LogP contribution is -2.22. The molecule has 3 heterocycles. The molecule has 3 nitrogen and oxygen atoms in total. The van der Waals surface area contributed by atoms with Crippen LogP contribution in [0.3, 0.4) is 0 Å². The highest BCUT2D eigenvalue weighted by molar-refractivity contribution is 7.05. The molecule has 76 valence electrons. The largest absolute Gasteiger partial charge is 0.302 e. The van der Waals surface area contributed by atoms with Gasteiger partial charge in [0.25, 0.3) is 0 Å². The molecule has 2 bridgehead atoms. The fourth-order valence-electron chi connectivity index (χ4n) is 2.63. The number of rotatable bonds is 2. The predicted molar refractivity (Wildman–Crippen MR) is 56.6 cm³/mol. The van der Waals surface area contributed by atoms with Gasteiger partial charge in [0.1, 0.15) is 10.8 Å². The molecule has 2 saturated heterocycles. The second-order valence-electron chi connectivity index (χ2n) is 4.32. The maximum absolute atomic E-state index is 4.61. The zero-order chi connectivity index (χ0) is 9.54. The average molecular weight is 209 g/mol. The number of aromatic nitrogens is 2. The molecule has 0 radical (unpaired) electrons. The van der Waals surface area contributed by atoms with Crippen molar-refractivity contribution in [1.82, 2.24) is 14.3 Å². The van der Waals surface area contributed by atoms with Gasteiger partial charge in [0, 0.05) is 25.4 Å². The predicted octanol–water partition coefficient (Wildman–Crippen LogP) is 1.52. The van der Waals surface area contributed by atoms with Gasteiger partial charge in [0.05, 0.1) is 0 Å². The van der Waals surface area contributed by atoms with Gasteiger partial charge in [-0.05, 0) is 30.4 Å². The van der Waals surface area contributed by atoms with Crippen LogP contribution in [0.2, 0.25) is 0 Å². The SMILES string of the molecule is CCc1nsc([C@@H]2CN3CC[C@H]2C3)n1. The first-order chi connectivity index (χ1) is 6.86. The molecule has 4 heteroatoms. The molecule has 14 heavy (non-hydrogen) atoms. The molecule has 2 aliphatic heterocycles. The zero-order valence-electron chi connectivity index (χ0n) is 8.44. The molecule has 0 N–H and O–H groups in total. The van der Waals surface area contributed by atoms with E-state index in [4.69, 9.17) is 0 Å². The minimum Gasteiger partial charge on any atom is -0.302 e. The number of nitrogens with zero attached hydrogens (tertiary/aromatic N) is 3. The molecule has 2 fully saturated rings. The van der Waals surface area contributed by atoms with E-state index in [1.54, 1.807) is 11.5 Å². The van der Waals surface area contributed by atoms with Gasteiger partial charge in [-0.1, -0.05) is 6.92 Å². The molecule has 0 saturated carbocycles. The molecular formula is C10H15N3S. The topological polar surface area (TPSA) is 29.0 Å². The van der Waals surface area contributed by atoms with E-state index in [1.165, 1.54) is 31.1 Å². The van der Waals surface area contributed by atoms with Gasteiger partial charge in [-0.2, -0.15) is 4.37 Å². The van der Waals surface area contributed by atoms with Crippen molar-refractivity contribution < 1.29 is 0 Å². The first kappa shape index (κ1) is 8.80. The summed E-state index contributed by atoms with van der Waals surface area (Å²) in [6.45, 7) is 5.95. The van der Waals surface area contributed by atoms with Crippen LogP contribution >= 0.6 is 11.5 Å². The number of aryl methyl sites for hydroxylation is 1. The normalized spacial score (nSPS) is 35.4. The summed E-state index contributed by atoms with van der Waals surface area (Å²) in [7, 11) is 0. The third-order valence-electron chi connectivity index (χ3n) is 3.45. The summed E-state index contributed by atoms with van der Waals surface area (Å²) in [5.41, 5.74) is 0. The monoisotopic (exact) mass is 209 g/mol. The minimum absolute atomic E-state index is 0.696. The summed E-state index contributed by atoms with van der Waals surface area (Å²) in [5.74, 6) is 2.59. The van der Waals surface area contributed by atoms with Crippen LogP contribution < -0.4 is 0 Å². The molecule has 0 aromatic carbocycles. The number of fused-ring (bicyclic) bond motifs is 2. The standard InChI is InChI=1S/C10H15N3S/c1-2-9-11-10(14-12-9)8-6-13-4-3-7(8)5-13/h7-8H,2-6H2,1H3/t7-,8+/m0/s1. The fourth-order valence-corrected chi connectivity index (χ4v) is 3.54. The van der Waals surface area contributed by atoms with Crippen LogP contribution in [0.1, 0.15) is 30.1 Å². The highest BCUT2D eigenvalue weighted by Crippen LogP contribution is 2.40. The Morgan fingerprint density at radius 1 is 1.50 bits per heavy atom. The first-order valence-corrected chi connectivity index (χ1v) is 6.19. The minimum atomic E-state index is 0.696. The summed E-state index contributed by atoms with van der Waals surface area (Å²) in [5, 5.41) is 1.29. The van der Waals surface area contributed by atoms with Crippen molar-refractivity contribution in [2.24, 2.45) is 5.92 Å². The van der Waals surface area contributed by atoms with Crippen molar-refractivity contribution in [3.8, 4) is 0 Å². The van der Waals surface area contributed by atoms with Crippen molar-refractivity contribution in [3.63, 3.8) is 0 Å². The molecule has 3 rings (SSSR count). The molecule has 0 amide bonds. The third-order valence-corrected chi connectivity index (χ3v) is 4.33. The summed E-state index contributed by atoms with van der Waals surface area (Å²) in [6, 6.07) is 0. The highest BCUT2D eigenvalue weighted by Gasteiger charge is 2.40. The van der Waals surface area contributed by atoms with E-state index in [0.29, 0.717) is 5.92 Å². The fraction of sp³-hybridized carbons (Fsp3) is 0.800. The summed E-state index contributed by atoms with van der Waals surface area (Å²) >= 11 is 1.62. The molecule has 1 aromatic heterocycles. The molecule has 1 aromatic rings. The van der Waals surface area contributed by atoms with Gasteiger partial charge in [-0.25, -0.2) is 4.98 Å². The van der Waals surface area contributed by atoms with Crippen molar-refractivity contribution in [1.29, 1.82) is 0 Å². The van der Waals surface area contributed by atoms with E-state index in [9.17, 15) is 0 Å². The van der Waals surface area contributed by atoms with Crippen LogP contribution in [-0.2, 0) is 6.42 Å². The lowest BCUT2D eigenvalue weighted by atomic mass is 9.93. The molecular weight excluding hydrogens is 194 g/mol. The van der Waals surface area contributed by atoms with E-state index in [-0.39, 0.29) is 0 Å². The molecule has 3 atom stereocenters. The highest BCUT2D eigenvalue weighted by atomic mass is 32.1. The smallest absolute Gasteiger partial charge is 0.142 e. The van der Waals surface area contributed by atoms with Crippen LogP contribution in [-0.4, -0.2) is 33.9 Å². The third kappa shape index (κ3) is 1.28. The molecule has 2 aliphatic rings. The Hall–Kier alpha value is -0.480.